The molecule has 0 aliphatic carbocycles. The molecule has 1 heterocycles. The third-order valence-corrected chi connectivity index (χ3v) is 5.07. The molecule has 0 spiro atoms. The van der Waals surface area contributed by atoms with Gasteiger partial charge in [0.05, 0.1) is 0 Å². The molecule has 0 atom stereocenters. The van der Waals surface area contributed by atoms with E-state index in [-0.39, 0.29) is 5.78 Å². The molecule has 1 aliphatic heterocycles. The summed E-state index contributed by atoms with van der Waals surface area (Å²) < 4.78 is 0. The molecule has 0 N–H and O–H groups in total. The number of rotatable bonds is 1. The molecule has 5 heteroatoms. The molecule has 0 saturated heterocycles. The summed E-state index contributed by atoms with van der Waals surface area (Å²) >= 11 is 19.6. The van der Waals surface area contributed by atoms with E-state index in [9.17, 15) is 4.79 Å². The van der Waals surface area contributed by atoms with Gasteiger partial charge < -0.3 is 0 Å². The van der Waals surface area contributed by atoms with E-state index in [1.165, 1.54) is 0 Å². The van der Waals surface area contributed by atoms with Crippen molar-refractivity contribution in [3.05, 3.63) is 68.2 Å². The maximum atomic E-state index is 12.5. The molecule has 0 amide bonds. The Morgan fingerprint density at radius 3 is 2.48 bits per heavy atom. The molecule has 0 unspecified atom stereocenters. The van der Waals surface area contributed by atoms with Crippen LogP contribution in [-0.2, 0) is 0 Å². The number of halogens is 3. The molecule has 0 radical (unpaired) electrons. The molecule has 2 aromatic carbocycles. The van der Waals surface area contributed by atoms with Gasteiger partial charge in [-0.1, -0.05) is 40.9 Å². The third kappa shape index (κ3) is 3.14. The summed E-state index contributed by atoms with van der Waals surface area (Å²) in [6.45, 7) is 0. The average Bonchev–Trinajstić information content (AvgIpc) is 2.45. The fourth-order valence-electron chi connectivity index (χ4n) is 2.11. The van der Waals surface area contributed by atoms with Crippen molar-refractivity contribution in [3.63, 3.8) is 0 Å². The van der Waals surface area contributed by atoms with Gasteiger partial charge in [-0.15, -0.1) is 11.8 Å². The van der Waals surface area contributed by atoms with E-state index in [2.05, 4.69) is 0 Å². The van der Waals surface area contributed by atoms with E-state index in [1.54, 1.807) is 36.0 Å². The largest absolute Gasteiger partial charge is 0.289 e. The van der Waals surface area contributed by atoms with E-state index in [0.717, 1.165) is 10.5 Å². The number of benzene rings is 2. The lowest BCUT2D eigenvalue weighted by atomic mass is 10.0. The van der Waals surface area contributed by atoms with Crippen molar-refractivity contribution >= 4 is 58.4 Å². The first-order chi connectivity index (χ1) is 10.0. The van der Waals surface area contributed by atoms with E-state index in [4.69, 9.17) is 34.8 Å². The summed E-state index contributed by atoms with van der Waals surface area (Å²) in [4.78, 5) is 13.5. The van der Waals surface area contributed by atoms with Crippen LogP contribution in [0, 0.1) is 0 Å². The fourth-order valence-corrected chi connectivity index (χ4v) is 3.74. The second-order valence-corrected chi connectivity index (χ2v) is 6.89. The summed E-state index contributed by atoms with van der Waals surface area (Å²) in [6, 6.07) is 10.6. The zero-order chi connectivity index (χ0) is 15.0. The Labute approximate surface area is 141 Å². The maximum Gasteiger partial charge on any atom is 0.191 e. The van der Waals surface area contributed by atoms with Crippen LogP contribution in [0.3, 0.4) is 0 Å². The van der Waals surface area contributed by atoms with Gasteiger partial charge in [0.2, 0.25) is 0 Å². The Morgan fingerprint density at radius 2 is 1.71 bits per heavy atom. The Bertz CT molecular complexity index is 768. The van der Waals surface area contributed by atoms with Gasteiger partial charge in [0.1, 0.15) is 0 Å². The van der Waals surface area contributed by atoms with E-state index < -0.39 is 0 Å². The van der Waals surface area contributed by atoms with Crippen molar-refractivity contribution in [2.24, 2.45) is 0 Å². The molecule has 2 aromatic rings. The molecule has 0 aromatic heterocycles. The molecule has 1 nitrogen and oxygen atoms in total. The summed E-state index contributed by atoms with van der Waals surface area (Å²) in [5.74, 6) is 0.615. The SMILES string of the molecule is O=C1/C(=C/c2ccc(Cl)cc2Cl)CSc2ccc(Cl)cc21. The van der Waals surface area contributed by atoms with Crippen LogP contribution in [0.1, 0.15) is 15.9 Å². The van der Waals surface area contributed by atoms with Crippen LogP contribution >= 0.6 is 46.6 Å². The van der Waals surface area contributed by atoms with Crippen LogP contribution in [0.2, 0.25) is 15.1 Å². The highest BCUT2D eigenvalue weighted by Gasteiger charge is 2.22. The van der Waals surface area contributed by atoms with Gasteiger partial charge in [-0.3, -0.25) is 4.79 Å². The first-order valence-corrected chi connectivity index (χ1v) is 8.29. The number of hydrogen-bond donors (Lipinski definition) is 0. The zero-order valence-corrected chi connectivity index (χ0v) is 13.8. The van der Waals surface area contributed by atoms with Crippen molar-refractivity contribution in [1.29, 1.82) is 0 Å². The highest BCUT2D eigenvalue weighted by atomic mass is 35.5. The molecular formula is C16H9Cl3OS. The Balaban J connectivity index is 2.01. The van der Waals surface area contributed by atoms with Crippen LogP contribution in [-0.4, -0.2) is 11.5 Å². The fraction of sp³-hybridized carbons (Fsp3) is 0.0625. The molecule has 21 heavy (non-hydrogen) atoms. The molecule has 106 valence electrons. The van der Waals surface area contributed by atoms with Gasteiger partial charge in [-0.25, -0.2) is 0 Å². The molecule has 1 aliphatic rings. The lowest BCUT2D eigenvalue weighted by molar-refractivity contribution is 0.103. The van der Waals surface area contributed by atoms with Gasteiger partial charge in [-0.05, 0) is 42.0 Å². The average molecular weight is 356 g/mol. The Kier molecular flexibility index (Phi) is 4.32. The second kappa shape index (κ2) is 6.05. The minimum atomic E-state index is -0.00253. The van der Waals surface area contributed by atoms with Crippen LogP contribution in [0.5, 0.6) is 0 Å². The van der Waals surface area contributed by atoms with Gasteiger partial charge in [0.25, 0.3) is 0 Å². The van der Waals surface area contributed by atoms with Crippen LogP contribution in [0.4, 0.5) is 0 Å². The summed E-state index contributed by atoms with van der Waals surface area (Å²) in [5.41, 5.74) is 2.14. The molecule has 0 bridgehead atoms. The first kappa shape index (κ1) is 15.0. The monoisotopic (exact) mass is 354 g/mol. The number of fused-ring (bicyclic) bond motifs is 1. The minimum Gasteiger partial charge on any atom is -0.289 e. The van der Waals surface area contributed by atoms with Crippen LogP contribution < -0.4 is 0 Å². The topological polar surface area (TPSA) is 17.1 Å². The summed E-state index contributed by atoms with van der Waals surface area (Å²) in [7, 11) is 0. The predicted molar refractivity (Wildman–Crippen MR) is 90.9 cm³/mol. The number of thioether (sulfide) groups is 1. The van der Waals surface area contributed by atoms with Crippen molar-refractivity contribution < 1.29 is 4.79 Å². The summed E-state index contributed by atoms with van der Waals surface area (Å²) in [5, 5.41) is 1.67. The van der Waals surface area contributed by atoms with Gasteiger partial charge >= 0.3 is 0 Å². The van der Waals surface area contributed by atoms with E-state index in [1.807, 2.05) is 18.2 Å². The predicted octanol–water partition coefficient (Wildman–Crippen LogP) is 6.02. The molecule has 3 rings (SSSR count). The van der Waals surface area contributed by atoms with Gasteiger partial charge in [0, 0.05) is 36.9 Å². The maximum absolute atomic E-state index is 12.5. The number of hydrogen-bond acceptors (Lipinski definition) is 2. The summed E-state index contributed by atoms with van der Waals surface area (Å²) in [6.07, 6.45) is 1.82. The minimum absolute atomic E-state index is 0.00253. The molecular weight excluding hydrogens is 347 g/mol. The highest BCUT2D eigenvalue weighted by Crippen LogP contribution is 2.35. The lowest BCUT2D eigenvalue weighted by Gasteiger charge is -2.17. The van der Waals surface area contributed by atoms with E-state index in [0.29, 0.717) is 32.0 Å². The smallest absolute Gasteiger partial charge is 0.191 e. The second-order valence-electron chi connectivity index (χ2n) is 4.59. The van der Waals surface area contributed by atoms with Crippen molar-refractivity contribution in [2.75, 3.05) is 5.75 Å². The van der Waals surface area contributed by atoms with Crippen LogP contribution in [0.25, 0.3) is 6.08 Å². The van der Waals surface area contributed by atoms with Crippen molar-refractivity contribution in [3.8, 4) is 0 Å². The van der Waals surface area contributed by atoms with Crippen molar-refractivity contribution in [1.82, 2.24) is 0 Å². The molecule has 0 fully saturated rings. The normalized spacial score (nSPS) is 16.1. The first-order valence-electron chi connectivity index (χ1n) is 6.17. The lowest BCUT2D eigenvalue weighted by Crippen LogP contribution is -2.12. The van der Waals surface area contributed by atoms with Crippen LogP contribution in [0.15, 0.2) is 46.9 Å². The molecule has 0 saturated carbocycles. The van der Waals surface area contributed by atoms with Gasteiger partial charge in [-0.2, -0.15) is 0 Å². The van der Waals surface area contributed by atoms with Gasteiger partial charge in [0.15, 0.2) is 5.78 Å². The zero-order valence-electron chi connectivity index (χ0n) is 10.7. The highest BCUT2D eigenvalue weighted by molar-refractivity contribution is 7.99. The number of Topliss-reactive ketones (excluding diaryl/α,β-unsaturated/α-hetero) is 1. The third-order valence-electron chi connectivity index (χ3n) is 3.15. The number of carbonyl (C=O) groups is 1. The standard InChI is InChI=1S/C16H9Cl3OS/c17-11-3-4-15-13(6-11)16(20)10(8-21-15)5-9-1-2-12(18)7-14(9)19/h1-7H,8H2/b10-5+. The van der Waals surface area contributed by atoms with Crippen molar-refractivity contribution in [2.45, 2.75) is 4.90 Å². The Morgan fingerprint density at radius 1 is 1.00 bits per heavy atom. The Hall–Kier alpha value is -0.930. The number of carbonyl (C=O) groups excluding carboxylic acids is 1. The quantitative estimate of drug-likeness (QED) is 0.582. The van der Waals surface area contributed by atoms with E-state index >= 15 is 0 Å². The number of ketones is 1.